The molecule has 250 valence electrons. The maximum absolute atomic E-state index is 10.7. The Morgan fingerprint density at radius 2 is 1.63 bits per heavy atom. The number of aliphatic hydroxyl groups excluding tert-OH is 1. The van der Waals surface area contributed by atoms with Gasteiger partial charge in [0.25, 0.3) is 0 Å². The third-order valence-electron chi connectivity index (χ3n) is 7.86. The smallest absolute Gasteiger partial charge is 0.210 e. The van der Waals surface area contributed by atoms with Gasteiger partial charge in [-0.3, -0.25) is 9.48 Å². The summed E-state index contributed by atoms with van der Waals surface area (Å²) < 4.78 is 2.16. The molecule has 0 fully saturated rings. The summed E-state index contributed by atoms with van der Waals surface area (Å²) in [6, 6.07) is 11.3. The number of benzene rings is 1. The van der Waals surface area contributed by atoms with Crippen molar-refractivity contribution >= 4 is 6.41 Å². The van der Waals surface area contributed by atoms with Crippen molar-refractivity contribution in [3.8, 4) is 0 Å². The Morgan fingerprint density at radius 3 is 2.07 bits per heavy atom. The SMILES string of the molecule is CCCCN(C=O)C(C)(C)CC.CCCN(C)Cc1c(C)nn(CCc2ccccc2)c1C.CN[C@@H](C)CC(C)C.CO. The van der Waals surface area contributed by atoms with Gasteiger partial charge in [0.1, 0.15) is 0 Å². The third kappa shape index (κ3) is 18.9. The highest BCUT2D eigenvalue weighted by atomic mass is 16.2. The van der Waals surface area contributed by atoms with Gasteiger partial charge in [-0.1, -0.05) is 71.4 Å². The molecule has 1 heterocycles. The van der Waals surface area contributed by atoms with Gasteiger partial charge in [-0.25, -0.2) is 0 Å². The Labute approximate surface area is 266 Å². The van der Waals surface area contributed by atoms with E-state index in [0.717, 1.165) is 71.3 Å². The Bertz CT molecular complexity index is 927. The maximum atomic E-state index is 10.7. The Morgan fingerprint density at radius 1 is 1.02 bits per heavy atom. The number of aromatic nitrogens is 2. The lowest BCUT2D eigenvalue weighted by Crippen LogP contribution is -2.42. The summed E-state index contributed by atoms with van der Waals surface area (Å²) in [4.78, 5) is 15.0. The minimum atomic E-state index is 0.0247. The fourth-order valence-corrected chi connectivity index (χ4v) is 4.65. The van der Waals surface area contributed by atoms with Gasteiger partial charge in [0.05, 0.1) is 5.69 Å². The number of nitrogens with zero attached hydrogens (tertiary/aromatic N) is 4. The molecule has 0 saturated carbocycles. The van der Waals surface area contributed by atoms with Crippen molar-refractivity contribution in [1.82, 2.24) is 24.9 Å². The molecule has 1 aromatic carbocycles. The molecule has 43 heavy (non-hydrogen) atoms. The second-order valence-corrected chi connectivity index (χ2v) is 12.5. The van der Waals surface area contributed by atoms with E-state index in [1.54, 1.807) is 0 Å². The first-order valence-corrected chi connectivity index (χ1v) is 16.5. The quantitative estimate of drug-likeness (QED) is 0.198. The zero-order valence-electron chi connectivity index (χ0n) is 30.3. The maximum Gasteiger partial charge on any atom is 0.210 e. The number of rotatable bonds is 16. The molecule has 7 nitrogen and oxygen atoms in total. The highest BCUT2D eigenvalue weighted by molar-refractivity contribution is 5.48. The predicted molar refractivity (Wildman–Crippen MR) is 187 cm³/mol. The lowest BCUT2D eigenvalue weighted by atomic mass is 10.00. The van der Waals surface area contributed by atoms with Gasteiger partial charge in [0, 0.05) is 49.6 Å². The van der Waals surface area contributed by atoms with Gasteiger partial charge in [0.15, 0.2) is 0 Å². The van der Waals surface area contributed by atoms with Crippen LogP contribution in [0.3, 0.4) is 0 Å². The highest BCUT2D eigenvalue weighted by Gasteiger charge is 2.22. The number of aliphatic hydroxyl groups is 1. The molecule has 0 aliphatic heterocycles. The van der Waals surface area contributed by atoms with Crippen molar-refractivity contribution in [2.24, 2.45) is 5.92 Å². The van der Waals surface area contributed by atoms with Crippen molar-refractivity contribution in [2.45, 2.75) is 132 Å². The normalized spacial score (nSPS) is 11.5. The summed E-state index contributed by atoms with van der Waals surface area (Å²) in [5.74, 6) is 0.817. The van der Waals surface area contributed by atoms with Crippen LogP contribution < -0.4 is 5.32 Å². The van der Waals surface area contributed by atoms with Gasteiger partial charge in [-0.15, -0.1) is 0 Å². The van der Waals surface area contributed by atoms with E-state index in [2.05, 4.69) is 122 Å². The summed E-state index contributed by atoms with van der Waals surface area (Å²) in [5.41, 5.74) is 5.26. The molecule has 0 radical (unpaired) electrons. The zero-order valence-corrected chi connectivity index (χ0v) is 30.3. The molecular formula is C36H69N5O2. The Hall–Kier alpha value is -2.22. The van der Waals surface area contributed by atoms with E-state index in [-0.39, 0.29) is 5.54 Å². The molecule has 2 aromatic rings. The molecule has 2 N–H and O–H groups in total. The molecule has 1 aromatic heterocycles. The monoisotopic (exact) mass is 604 g/mol. The van der Waals surface area contributed by atoms with E-state index in [4.69, 9.17) is 10.2 Å². The van der Waals surface area contributed by atoms with Gasteiger partial charge < -0.3 is 20.2 Å². The average molecular weight is 604 g/mol. The molecular weight excluding hydrogens is 534 g/mol. The van der Waals surface area contributed by atoms with Crippen LogP contribution in [0.4, 0.5) is 0 Å². The molecule has 2 rings (SSSR count). The van der Waals surface area contributed by atoms with Crippen molar-refractivity contribution in [1.29, 1.82) is 0 Å². The summed E-state index contributed by atoms with van der Waals surface area (Å²) >= 11 is 0. The predicted octanol–water partition coefficient (Wildman–Crippen LogP) is 7.27. The molecule has 0 unspecified atom stereocenters. The number of nitrogens with one attached hydrogen (secondary N) is 1. The van der Waals surface area contributed by atoms with Crippen LogP contribution in [0.15, 0.2) is 30.3 Å². The van der Waals surface area contributed by atoms with Crippen molar-refractivity contribution in [2.75, 3.05) is 34.3 Å². The molecule has 1 atom stereocenters. The van der Waals surface area contributed by atoms with Crippen molar-refractivity contribution in [3.05, 3.63) is 52.8 Å². The van der Waals surface area contributed by atoms with Crippen LogP contribution in [-0.4, -0.2) is 77.0 Å². The first-order chi connectivity index (χ1) is 20.4. The lowest BCUT2D eigenvalue weighted by molar-refractivity contribution is -0.123. The number of aryl methyl sites for hydroxylation is 3. The molecule has 0 aliphatic rings. The van der Waals surface area contributed by atoms with E-state index < -0.39 is 0 Å². The minimum absolute atomic E-state index is 0.0247. The van der Waals surface area contributed by atoms with Crippen LogP contribution in [0.2, 0.25) is 0 Å². The van der Waals surface area contributed by atoms with E-state index in [9.17, 15) is 4.79 Å². The van der Waals surface area contributed by atoms with Gasteiger partial charge >= 0.3 is 0 Å². The number of unbranched alkanes of at least 4 members (excludes halogenated alkanes) is 1. The summed E-state index contributed by atoms with van der Waals surface area (Å²) in [7, 11) is 5.19. The lowest BCUT2D eigenvalue weighted by Gasteiger charge is -2.34. The first-order valence-electron chi connectivity index (χ1n) is 16.5. The minimum Gasteiger partial charge on any atom is -0.400 e. The fraction of sp³-hybridized carbons (Fsp3) is 0.722. The van der Waals surface area contributed by atoms with E-state index in [1.807, 2.05) is 11.9 Å². The molecule has 0 aliphatic carbocycles. The van der Waals surface area contributed by atoms with Crippen LogP contribution in [0.5, 0.6) is 0 Å². The zero-order chi connectivity index (χ0) is 33.4. The van der Waals surface area contributed by atoms with Crippen LogP contribution in [-0.2, 0) is 24.3 Å². The molecule has 7 heteroatoms. The van der Waals surface area contributed by atoms with Crippen LogP contribution in [0.25, 0.3) is 0 Å². The van der Waals surface area contributed by atoms with E-state index in [1.165, 1.54) is 35.4 Å². The number of hydrogen-bond acceptors (Lipinski definition) is 5. The first kappa shape index (κ1) is 42.9. The van der Waals surface area contributed by atoms with E-state index >= 15 is 0 Å². The second-order valence-electron chi connectivity index (χ2n) is 12.5. The third-order valence-corrected chi connectivity index (χ3v) is 7.86. The van der Waals surface area contributed by atoms with Crippen LogP contribution in [0.1, 0.15) is 110 Å². The highest BCUT2D eigenvalue weighted by Crippen LogP contribution is 2.17. The summed E-state index contributed by atoms with van der Waals surface area (Å²) in [5, 5.41) is 14.9. The largest absolute Gasteiger partial charge is 0.400 e. The number of amides is 1. The summed E-state index contributed by atoms with van der Waals surface area (Å²) in [6.45, 7) is 25.7. The van der Waals surface area contributed by atoms with Crippen LogP contribution in [0, 0.1) is 19.8 Å². The molecule has 0 bridgehead atoms. The van der Waals surface area contributed by atoms with Gasteiger partial charge in [-0.05, 0) is 98.8 Å². The topological polar surface area (TPSA) is 73.6 Å². The summed E-state index contributed by atoms with van der Waals surface area (Å²) in [6.07, 6.45) is 7.72. The number of carbonyl (C=O) groups is 1. The number of hydrogen-bond donors (Lipinski definition) is 2. The molecule has 0 spiro atoms. The van der Waals surface area contributed by atoms with Crippen molar-refractivity contribution < 1.29 is 9.90 Å². The number of carbonyl (C=O) groups excluding carboxylic acids is 1. The Balaban J connectivity index is 0. The van der Waals surface area contributed by atoms with E-state index in [0.29, 0.717) is 6.04 Å². The van der Waals surface area contributed by atoms with Crippen LogP contribution >= 0.6 is 0 Å². The second kappa shape index (κ2) is 25.1. The fourth-order valence-electron chi connectivity index (χ4n) is 4.65. The molecule has 1 amide bonds. The van der Waals surface area contributed by atoms with Crippen molar-refractivity contribution in [3.63, 3.8) is 0 Å². The molecule has 0 saturated heterocycles. The standard InChI is InChI=1S/C18H27N3.C10H21NO.C7H17N.CH4O/c1-5-12-20(4)14-18-15(2)19-21(16(18)3)13-11-17-9-7-6-8-10-17;1-5-7-8-11(9-12)10(3,4)6-2;1-6(2)5-7(3)8-4;1-2/h6-10H,5,11-14H2,1-4H3;9H,5-8H2,1-4H3;6-8H,5H2,1-4H3;2H,1H3/t;;7-;/m..0./s1. The van der Waals surface area contributed by atoms with Gasteiger partial charge in [-0.2, -0.15) is 5.10 Å². The Kier molecular flexibility index (Phi) is 25.1. The average Bonchev–Trinajstić information content (AvgIpc) is 3.25. The van der Waals surface area contributed by atoms with Gasteiger partial charge in [0.2, 0.25) is 6.41 Å².